The fourth-order valence-corrected chi connectivity index (χ4v) is 3.36. The monoisotopic (exact) mass is 449 g/mol. The molecule has 3 heterocycles. The molecule has 0 fully saturated rings. The van der Waals surface area contributed by atoms with Crippen LogP contribution in [0.25, 0.3) is 16.6 Å². The van der Waals surface area contributed by atoms with Gasteiger partial charge in [0, 0.05) is 6.20 Å². The molecule has 0 aliphatic rings. The van der Waals surface area contributed by atoms with E-state index in [0.717, 1.165) is 6.07 Å². The standard InChI is InChI=1S/C17H14Cl2FN9O/c1-6(25-14-11(19)13(21)27-17(22)28-14)15-26-12-9(20)3-2-8(18)10(12)16(30)29(15)7-4-23-24-5-7/h2-6H,1H3,(H,23,24)(H5,21,22,25,27,28). The van der Waals surface area contributed by atoms with Crippen molar-refractivity contribution in [2.75, 3.05) is 16.8 Å². The van der Waals surface area contributed by atoms with Gasteiger partial charge >= 0.3 is 0 Å². The number of H-pyrrole nitrogens is 1. The minimum absolute atomic E-state index is 0.0182. The molecule has 154 valence electrons. The zero-order valence-electron chi connectivity index (χ0n) is 15.3. The van der Waals surface area contributed by atoms with E-state index in [1.54, 1.807) is 6.92 Å². The largest absolute Gasteiger partial charge is 0.382 e. The predicted molar refractivity (Wildman–Crippen MR) is 112 cm³/mol. The molecule has 0 radical (unpaired) electrons. The Balaban J connectivity index is 1.95. The molecule has 0 aliphatic heterocycles. The Kier molecular flexibility index (Phi) is 4.92. The highest BCUT2D eigenvalue weighted by Crippen LogP contribution is 2.30. The smallest absolute Gasteiger partial charge is 0.267 e. The average Bonchev–Trinajstić information content (AvgIpc) is 3.22. The lowest BCUT2D eigenvalue weighted by atomic mass is 10.2. The Morgan fingerprint density at radius 1 is 1.23 bits per heavy atom. The molecule has 13 heteroatoms. The second-order valence-corrected chi connectivity index (χ2v) is 7.10. The lowest BCUT2D eigenvalue weighted by Crippen LogP contribution is -2.28. The summed E-state index contributed by atoms with van der Waals surface area (Å²) in [7, 11) is 0. The number of halogens is 3. The third kappa shape index (κ3) is 3.27. The zero-order valence-corrected chi connectivity index (χ0v) is 16.8. The highest BCUT2D eigenvalue weighted by molar-refractivity contribution is 6.35. The Morgan fingerprint density at radius 2 is 2.00 bits per heavy atom. The molecule has 1 unspecified atom stereocenters. The topological polar surface area (TPSA) is 153 Å². The number of anilines is 3. The van der Waals surface area contributed by atoms with Gasteiger partial charge in [-0.25, -0.2) is 9.37 Å². The first-order valence-corrected chi connectivity index (χ1v) is 9.28. The molecule has 0 spiro atoms. The van der Waals surface area contributed by atoms with Gasteiger partial charge in [-0.15, -0.1) is 0 Å². The van der Waals surface area contributed by atoms with Crippen LogP contribution in [0, 0.1) is 5.82 Å². The van der Waals surface area contributed by atoms with Crippen LogP contribution in [0.5, 0.6) is 0 Å². The van der Waals surface area contributed by atoms with E-state index < -0.39 is 17.4 Å². The fourth-order valence-electron chi connectivity index (χ4n) is 2.99. The summed E-state index contributed by atoms with van der Waals surface area (Å²) in [6.45, 7) is 1.68. The van der Waals surface area contributed by atoms with E-state index in [-0.39, 0.29) is 44.4 Å². The number of nitrogens with zero attached hydrogens (tertiary/aromatic N) is 5. The van der Waals surface area contributed by atoms with E-state index in [2.05, 4.69) is 30.5 Å². The zero-order chi connectivity index (χ0) is 21.6. The fraction of sp³-hybridized carbons (Fsp3) is 0.118. The first-order chi connectivity index (χ1) is 14.3. The van der Waals surface area contributed by atoms with Crippen LogP contribution in [0.4, 0.5) is 22.0 Å². The molecule has 1 atom stereocenters. The summed E-state index contributed by atoms with van der Waals surface area (Å²) in [5.41, 5.74) is 11.0. The minimum atomic E-state index is -0.693. The highest BCUT2D eigenvalue weighted by atomic mass is 35.5. The summed E-state index contributed by atoms with van der Waals surface area (Å²) in [4.78, 5) is 25.4. The van der Waals surface area contributed by atoms with Gasteiger partial charge in [-0.1, -0.05) is 23.2 Å². The number of aromatic nitrogens is 6. The number of benzene rings is 1. The van der Waals surface area contributed by atoms with Gasteiger partial charge in [0.1, 0.15) is 28.0 Å². The predicted octanol–water partition coefficient (Wildman–Crippen LogP) is 2.68. The van der Waals surface area contributed by atoms with E-state index in [4.69, 9.17) is 34.7 Å². The molecule has 4 aromatic rings. The second kappa shape index (κ2) is 7.43. The summed E-state index contributed by atoms with van der Waals surface area (Å²) < 4.78 is 15.7. The number of nitrogens with two attached hydrogens (primary N) is 2. The van der Waals surface area contributed by atoms with Crippen molar-refractivity contribution >= 4 is 51.7 Å². The number of aromatic amines is 1. The summed E-state index contributed by atoms with van der Waals surface area (Å²) in [6.07, 6.45) is 2.91. The van der Waals surface area contributed by atoms with Gasteiger partial charge in [0.05, 0.1) is 28.3 Å². The number of fused-ring (bicyclic) bond motifs is 1. The first-order valence-electron chi connectivity index (χ1n) is 8.52. The normalized spacial score (nSPS) is 12.3. The Labute approximate surface area is 178 Å². The van der Waals surface area contributed by atoms with Crippen LogP contribution < -0.4 is 22.3 Å². The molecule has 1 aromatic carbocycles. The number of nitrogens with one attached hydrogen (secondary N) is 2. The van der Waals surface area contributed by atoms with Crippen molar-refractivity contribution in [2.45, 2.75) is 13.0 Å². The van der Waals surface area contributed by atoms with Crippen LogP contribution in [-0.4, -0.2) is 29.7 Å². The molecule has 0 amide bonds. The molecule has 10 nitrogen and oxygen atoms in total. The van der Waals surface area contributed by atoms with Crippen LogP contribution in [0.3, 0.4) is 0 Å². The summed E-state index contributed by atoms with van der Waals surface area (Å²) in [5, 5.41) is 9.55. The van der Waals surface area contributed by atoms with Crippen LogP contribution in [0.15, 0.2) is 29.3 Å². The molecular formula is C17H14Cl2FN9O. The van der Waals surface area contributed by atoms with Gasteiger partial charge in [-0.2, -0.15) is 15.1 Å². The third-order valence-corrected chi connectivity index (χ3v) is 5.01. The molecule has 0 saturated carbocycles. The van der Waals surface area contributed by atoms with E-state index >= 15 is 0 Å². The van der Waals surface area contributed by atoms with E-state index in [1.807, 2.05) is 0 Å². The number of rotatable bonds is 4. The molecule has 0 bridgehead atoms. The van der Waals surface area contributed by atoms with E-state index in [1.165, 1.54) is 23.0 Å². The maximum atomic E-state index is 14.5. The van der Waals surface area contributed by atoms with Crippen molar-refractivity contribution in [2.24, 2.45) is 0 Å². The molecule has 0 saturated heterocycles. The SMILES string of the molecule is CC(Nc1nc(N)nc(N)c1Cl)c1nc2c(F)ccc(Cl)c2c(=O)n1-c1cn[nH]c1. The highest BCUT2D eigenvalue weighted by Gasteiger charge is 2.23. The van der Waals surface area contributed by atoms with Crippen molar-refractivity contribution in [3.63, 3.8) is 0 Å². The maximum Gasteiger partial charge on any atom is 0.267 e. The summed E-state index contributed by atoms with van der Waals surface area (Å²) in [5.74, 6) is -0.512. The lowest BCUT2D eigenvalue weighted by Gasteiger charge is -2.20. The number of nitrogen functional groups attached to an aromatic ring is 2. The van der Waals surface area contributed by atoms with Crippen LogP contribution in [0.2, 0.25) is 10.0 Å². The van der Waals surface area contributed by atoms with Gasteiger partial charge in [0.15, 0.2) is 5.82 Å². The Bertz CT molecular complexity index is 1320. The summed E-state index contributed by atoms with van der Waals surface area (Å²) in [6, 6.07) is 1.75. The molecule has 0 aliphatic carbocycles. The van der Waals surface area contributed by atoms with Crippen molar-refractivity contribution in [3.8, 4) is 5.69 Å². The van der Waals surface area contributed by atoms with E-state index in [0.29, 0.717) is 5.69 Å². The second-order valence-electron chi connectivity index (χ2n) is 6.32. The average molecular weight is 450 g/mol. The molecule has 30 heavy (non-hydrogen) atoms. The van der Waals surface area contributed by atoms with Crippen molar-refractivity contribution < 1.29 is 4.39 Å². The van der Waals surface area contributed by atoms with Gasteiger partial charge in [-0.05, 0) is 19.1 Å². The van der Waals surface area contributed by atoms with Crippen molar-refractivity contribution in [3.05, 3.63) is 56.6 Å². The van der Waals surface area contributed by atoms with Crippen LogP contribution in [0.1, 0.15) is 18.8 Å². The maximum absolute atomic E-state index is 14.5. The quantitative estimate of drug-likeness (QED) is 0.370. The van der Waals surface area contributed by atoms with Crippen molar-refractivity contribution in [1.29, 1.82) is 0 Å². The number of hydrogen-bond donors (Lipinski definition) is 4. The van der Waals surface area contributed by atoms with Gasteiger partial charge in [0.2, 0.25) is 5.95 Å². The first kappa shape index (κ1) is 19.9. The molecule has 6 N–H and O–H groups in total. The Hall–Kier alpha value is -3.44. The van der Waals surface area contributed by atoms with E-state index in [9.17, 15) is 9.18 Å². The Morgan fingerprint density at radius 3 is 2.70 bits per heavy atom. The molecule has 3 aromatic heterocycles. The van der Waals surface area contributed by atoms with Gasteiger partial charge in [0.25, 0.3) is 5.56 Å². The minimum Gasteiger partial charge on any atom is -0.382 e. The molecule has 4 rings (SSSR count). The summed E-state index contributed by atoms with van der Waals surface area (Å²) >= 11 is 12.3. The van der Waals surface area contributed by atoms with Crippen molar-refractivity contribution in [1.82, 2.24) is 29.7 Å². The number of hydrogen-bond acceptors (Lipinski definition) is 8. The van der Waals surface area contributed by atoms with Crippen LogP contribution >= 0.6 is 23.2 Å². The molecular weight excluding hydrogens is 436 g/mol. The third-order valence-electron chi connectivity index (χ3n) is 4.33. The van der Waals surface area contributed by atoms with Gasteiger partial charge < -0.3 is 16.8 Å². The lowest BCUT2D eigenvalue weighted by molar-refractivity contribution is 0.632. The van der Waals surface area contributed by atoms with Gasteiger partial charge in [-0.3, -0.25) is 14.5 Å². The van der Waals surface area contributed by atoms with Crippen LogP contribution in [-0.2, 0) is 0 Å².